The lowest BCUT2D eigenvalue weighted by atomic mass is 9.89. The van der Waals surface area contributed by atoms with E-state index in [1.807, 2.05) is 20.8 Å². The Kier molecular flexibility index (Phi) is 5.61. The second kappa shape index (κ2) is 6.64. The zero-order valence-corrected chi connectivity index (χ0v) is 13.3. The number of hydrogen-bond donors (Lipinski definition) is 2. The van der Waals surface area contributed by atoms with E-state index in [1.54, 1.807) is 0 Å². The minimum absolute atomic E-state index is 0.0409. The lowest BCUT2D eigenvalue weighted by Gasteiger charge is -2.34. The first-order valence-corrected chi connectivity index (χ1v) is 7.39. The number of halogens is 3. The number of alkyl halides is 3. The quantitative estimate of drug-likeness (QED) is 0.745. The zero-order chi connectivity index (χ0) is 16.3. The Labute approximate surface area is 128 Å². The molecule has 0 aromatic heterocycles. The maximum absolute atomic E-state index is 12.8. The van der Waals surface area contributed by atoms with E-state index >= 15 is 0 Å². The number of anilines is 1. The first kappa shape index (κ1) is 17.8. The molecule has 0 atom stereocenters. The van der Waals surface area contributed by atoms with E-state index in [0.29, 0.717) is 5.69 Å². The van der Waals surface area contributed by atoms with Crippen LogP contribution in [0.1, 0.15) is 51.2 Å². The molecule has 0 aliphatic rings. The highest BCUT2D eigenvalue weighted by Crippen LogP contribution is 2.34. The highest BCUT2D eigenvalue weighted by atomic mass is 32.1. The molecule has 1 aromatic carbocycles. The molecular weight excluding hydrogens is 297 g/mol. The van der Waals surface area contributed by atoms with Crippen molar-refractivity contribution in [1.29, 1.82) is 0 Å². The van der Waals surface area contributed by atoms with Crippen molar-refractivity contribution in [2.45, 2.75) is 51.7 Å². The molecular formula is C15H21F3N2S. The molecule has 1 aromatic rings. The number of rotatable bonds is 6. The van der Waals surface area contributed by atoms with Gasteiger partial charge in [-0.05, 0) is 37.5 Å². The molecule has 0 bridgehead atoms. The predicted molar refractivity (Wildman–Crippen MR) is 84.6 cm³/mol. The van der Waals surface area contributed by atoms with Crippen LogP contribution >= 0.6 is 12.2 Å². The van der Waals surface area contributed by atoms with Crippen LogP contribution in [0.25, 0.3) is 0 Å². The largest absolute Gasteiger partial charge is 0.416 e. The minimum atomic E-state index is -4.41. The standard InChI is InChI=1S/C15H21F3N2S/c1-4-14(5-2,6-3)20-12-8-7-10(15(16,17)18)9-11(12)13(19)21/h7-9,20H,4-6H2,1-3H3,(H2,19,21). The topological polar surface area (TPSA) is 38.0 Å². The van der Waals surface area contributed by atoms with Crippen LogP contribution in [0.3, 0.4) is 0 Å². The van der Waals surface area contributed by atoms with Gasteiger partial charge in [-0.25, -0.2) is 0 Å². The summed E-state index contributed by atoms with van der Waals surface area (Å²) in [7, 11) is 0. The Bertz CT molecular complexity index is 500. The number of nitrogens with one attached hydrogen (secondary N) is 1. The molecule has 0 amide bonds. The van der Waals surface area contributed by atoms with Crippen molar-refractivity contribution in [2.75, 3.05) is 5.32 Å². The average Bonchev–Trinajstić information content (AvgIpc) is 2.43. The van der Waals surface area contributed by atoms with Crippen molar-refractivity contribution in [3.8, 4) is 0 Å². The summed E-state index contributed by atoms with van der Waals surface area (Å²) in [6.07, 6.45) is -1.83. The summed E-state index contributed by atoms with van der Waals surface area (Å²) in [4.78, 5) is -0.0409. The Morgan fingerprint density at radius 3 is 2.05 bits per heavy atom. The molecule has 0 unspecified atom stereocenters. The molecule has 0 aliphatic carbocycles. The second-order valence-electron chi connectivity index (χ2n) is 5.09. The van der Waals surface area contributed by atoms with Crippen molar-refractivity contribution >= 4 is 22.9 Å². The first-order chi connectivity index (χ1) is 9.69. The van der Waals surface area contributed by atoms with Gasteiger partial charge in [0.25, 0.3) is 0 Å². The van der Waals surface area contributed by atoms with Gasteiger partial charge in [0, 0.05) is 16.8 Å². The Hall–Kier alpha value is -1.30. The number of thiocarbonyl (C=S) groups is 1. The summed E-state index contributed by atoms with van der Waals surface area (Å²) in [5.41, 5.74) is 5.47. The molecule has 6 heteroatoms. The summed E-state index contributed by atoms with van der Waals surface area (Å²) in [6, 6.07) is 3.47. The molecule has 0 spiro atoms. The molecule has 2 nitrogen and oxygen atoms in total. The third kappa shape index (κ3) is 4.09. The SMILES string of the molecule is CCC(CC)(CC)Nc1ccc(C(F)(F)F)cc1C(N)=S. The molecule has 0 saturated heterocycles. The van der Waals surface area contributed by atoms with Gasteiger partial charge in [0.15, 0.2) is 0 Å². The van der Waals surface area contributed by atoms with E-state index in [1.165, 1.54) is 6.07 Å². The molecule has 0 radical (unpaired) electrons. The third-order valence-corrected chi connectivity index (χ3v) is 4.26. The maximum Gasteiger partial charge on any atom is 0.416 e. The van der Waals surface area contributed by atoms with E-state index in [-0.39, 0.29) is 16.1 Å². The van der Waals surface area contributed by atoms with Crippen molar-refractivity contribution in [2.24, 2.45) is 5.73 Å². The molecule has 3 N–H and O–H groups in total. The maximum atomic E-state index is 12.8. The van der Waals surface area contributed by atoms with Gasteiger partial charge in [-0.1, -0.05) is 33.0 Å². The summed E-state index contributed by atoms with van der Waals surface area (Å²) in [5, 5.41) is 3.34. The van der Waals surface area contributed by atoms with Crippen LogP contribution in [-0.2, 0) is 6.18 Å². The summed E-state index contributed by atoms with van der Waals surface area (Å²) in [5.74, 6) is 0. The number of hydrogen-bond acceptors (Lipinski definition) is 2. The van der Waals surface area contributed by atoms with Gasteiger partial charge >= 0.3 is 6.18 Å². The van der Waals surface area contributed by atoms with Crippen molar-refractivity contribution in [3.63, 3.8) is 0 Å². The van der Waals surface area contributed by atoms with E-state index in [0.717, 1.165) is 31.4 Å². The van der Waals surface area contributed by atoms with Crippen molar-refractivity contribution in [3.05, 3.63) is 29.3 Å². The second-order valence-corrected chi connectivity index (χ2v) is 5.53. The smallest absolute Gasteiger partial charge is 0.389 e. The van der Waals surface area contributed by atoms with E-state index < -0.39 is 11.7 Å². The molecule has 21 heavy (non-hydrogen) atoms. The fraction of sp³-hybridized carbons (Fsp3) is 0.533. The van der Waals surface area contributed by atoms with Crippen molar-refractivity contribution in [1.82, 2.24) is 0 Å². The summed E-state index contributed by atoms with van der Waals surface area (Å²) >= 11 is 4.90. The predicted octanol–water partition coefficient (Wildman–Crippen LogP) is 4.72. The first-order valence-electron chi connectivity index (χ1n) is 6.98. The third-order valence-electron chi connectivity index (χ3n) is 4.04. The van der Waals surface area contributed by atoms with Crippen LogP contribution in [-0.4, -0.2) is 10.5 Å². The Morgan fingerprint density at radius 2 is 1.67 bits per heavy atom. The van der Waals surface area contributed by atoms with Gasteiger partial charge in [0.05, 0.1) is 5.56 Å². The Morgan fingerprint density at radius 1 is 1.14 bits per heavy atom. The van der Waals surface area contributed by atoms with Crippen molar-refractivity contribution < 1.29 is 13.2 Å². The number of nitrogens with two attached hydrogens (primary N) is 1. The van der Waals surface area contributed by atoms with Crippen LogP contribution in [0, 0.1) is 0 Å². The van der Waals surface area contributed by atoms with Gasteiger partial charge in [0.2, 0.25) is 0 Å². The fourth-order valence-corrected chi connectivity index (χ4v) is 2.50. The minimum Gasteiger partial charge on any atom is -0.389 e. The van der Waals surface area contributed by atoms with Crippen LogP contribution in [0.4, 0.5) is 18.9 Å². The molecule has 0 heterocycles. The Balaban J connectivity index is 3.28. The van der Waals surface area contributed by atoms with Gasteiger partial charge in [0.1, 0.15) is 4.99 Å². The van der Waals surface area contributed by atoms with Crippen LogP contribution in [0.2, 0.25) is 0 Å². The zero-order valence-electron chi connectivity index (χ0n) is 12.5. The summed E-state index contributed by atoms with van der Waals surface area (Å²) in [6.45, 7) is 6.14. The van der Waals surface area contributed by atoms with Gasteiger partial charge in [-0.2, -0.15) is 13.2 Å². The van der Waals surface area contributed by atoms with E-state index in [9.17, 15) is 13.2 Å². The summed E-state index contributed by atoms with van der Waals surface area (Å²) < 4.78 is 38.4. The monoisotopic (exact) mass is 318 g/mol. The highest BCUT2D eigenvalue weighted by molar-refractivity contribution is 7.80. The van der Waals surface area contributed by atoms with Gasteiger partial charge < -0.3 is 11.1 Å². The van der Waals surface area contributed by atoms with E-state index in [4.69, 9.17) is 18.0 Å². The molecule has 0 fully saturated rings. The molecule has 0 saturated carbocycles. The van der Waals surface area contributed by atoms with E-state index in [2.05, 4.69) is 5.32 Å². The van der Waals surface area contributed by atoms with Gasteiger partial charge in [-0.15, -0.1) is 0 Å². The molecule has 118 valence electrons. The fourth-order valence-electron chi connectivity index (χ4n) is 2.33. The number of benzene rings is 1. The lowest BCUT2D eigenvalue weighted by molar-refractivity contribution is -0.137. The van der Waals surface area contributed by atoms with Crippen LogP contribution in [0.15, 0.2) is 18.2 Å². The molecule has 1 rings (SSSR count). The molecule has 0 aliphatic heterocycles. The normalized spacial score (nSPS) is 12.3. The average molecular weight is 318 g/mol. The van der Waals surface area contributed by atoms with Crippen LogP contribution in [0.5, 0.6) is 0 Å². The lowest BCUT2D eigenvalue weighted by Crippen LogP contribution is -2.37. The van der Waals surface area contributed by atoms with Gasteiger partial charge in [-0.3, -0.25) is 0 Å². The van der Waals surface area contributed by atoms with Crippen LogP contribution < -0.4 is 11.1 Å². The highest BCUT2D eigenvalue weighted by Gasteiger charge is 2.32.